The molecular formula is C17H30N2. The summed E-state index contributed by atoms with van der Waals surface area (Å²) in [6, 6.07) is 0.801. The molecule has 4 aliphatic carbocycles. The summed E-state index contributed by atoms with van der Waals surface area (Å²) in [5.74, 6) is 3.35. The van der Waals surface area contributed by atoms with Crippen molar-refractivity contribution >= 4 is 0 Å². The van der Waals surface area contributed by atoms with Gasteiger partial charge in [-0.3, -0.25) is 0 Å². The fourth-order valence-electron chi connectivity index (χ4n) is 6.16. The lowest BCUT2D eigenvalue weighted by molar-refractivity contribution is -0.0570. The summed E-state index contributed by atoms with van der Waals surface area (Å²) in [7, 11) is 0. The first kappa shape index (κ1) is 12.6. The Kier molecular flexibility index (Phi) is 3.35. The van der Waals surface area contributed by atoms with Crippen LogP contribution in [0.25, 0.3) is 0 Å². The maximum absolute atomic E-state index is 3.86. The van der Waals surface area contributed by atoms with Crippen LogP contribution in [0.3, 0.4) is 0 Å². The molecule has 0 unspecified atom stereocenters. The van der Waals surface area contributed by atoms with Gasteiger partial charge in [0.2, 0.25) is 0 Å². The summed E-state index contributed by atoms with van der Waals surface area (Å²) in [6.45, 7) is 3.72. The van der Waals surface area contributed by atoms with Crippen LogP contribution in [0.5, 0.6) is 0 Å². The zero-order valence-corrected chi connectivity index (χ0v) is 12.3. The predicted molar refractivity (Wildman–Crippen MR) is 79.1 cm³/mol. The van der Waals surface area contributed by atoms with E-state index in [2.05, 4.69) is 10.6 Å². The molecule has 0 radical (unpaired) electrons. The smallest absolute Gasteiger partial charge is 0.00912 e. The molecule has 2 heteroatoms. The third kappa shape index (κ3) is 2.58. The Labute approximate surface area is 118 Å². The summed E-state index contributed by atoms with van der Waals surface area (Å²) >= 11 is 0. The van der Waals surface area contributed by atoms with Crippen molar-refractivity contribution in [2.75, 3.05) is 19.6 Å². The van der Waals surface area contributed by atoms with Crippen LogP contribution in [0.4, 0.5) is 0 Å². The molecule has 0 spiro atoms. The molecular weight excluding hydrogens is 232 g/mol. The number of nitrogens with one attached hydrogen (secondary N) is 2. The summed E-state index contributed by atoms with van der Waals surface area (Å²) < 4.78 is 0. The van der Waals surface area contributed by atoms with E-state index in [-0.39, 0.29) is 0 Å². The van der Waals surface area contributed by atoms with Gasteiger partial charge in [-0.1, -0.05) is 0 Å². The van der Waals surface area contributed by atoms with Crippen LogP contribution >= 0.6 is 0 Å². The van der Waals surface area contributed by atoms with Crippen molar-refractivity contribution in [3.8, 4) is 0 Å². The van der Waals surface area contributed by atoms with Crippen LogP contribution in [0.2, 0.25) is 0 Å². The molecule has 19 heavy (non-hydrogen) atoms. The summed E-state index contributed by atoms with van der Waals surface area (Å²) in [5.41, 5.74) is 0.772. The van der Waals surface area contributed by atoms with Gasteiger partial charge in [-0.05, 0) is 101 Å². The van der Waals surface area contributed by atoms with Crippen molar-refractivity contribution in [2.24, 2.45) is 23.2 Å². The monoisotopic (exact) mass is 262 g/mol. The van der Waals surface area contributed by atoms with Gasteiger partial charge in [0.05, 0.1) is 0 Å². The molecule has 2 N–H and O–H groups in total. The quantitative estimate of drug-likeness (QED) is 0.814. The second kappa shape index (κ2) is 5.04. The molecule has 5 fully saturated rings. The van der Waals surface area contributed by atoms with E-state index < -0.39 is 0 Å². The highest BCUT2D eigenvalue weighted by Gasteiger charge is 2.50. The summed E-state index contributed by atoms with van der Waals surface area (Å²) in [6.07, 6.45) is 13.6. The van der Waals surface area contributed by atoms with Crippen molar-refractivity contribution in [3.05, 3.63) is 0 Å². The zero-order valence-electron chi connectivity index (χ0n) is 12.3. The van der Waals surface area contributed by atoms with E-state index in [0.717, 1.165) is 29.2 Å². The fraction of sp³-hybridized carbons (Fsp3) is 1.00. The Balaban J connectivity index is 1.30. The molecule has 4 saturated carbocycles. The summed E-state index contributed by atoms with van der Waals surface area (Å²) in [5, 5.41) is 7.32. The molecule has 5 rings (SSSR count). The maximum atomic E-state index is 3.86. The highest BCUT2D eigenvalue weighted by Crippen LogP contribution is 2.61. The molecule has 0 aromatic rings. The SMILES string of the molecule is C1CC(NCCC23CC4CC(CC(C4)C2)C3)CCN1. The van der Waals surface area contributed by atoms with Crippen LogP contribution in [0, 0.1) is 23.2 Å². The second-order valence-corrected chi connectivity index (χ2v) is 8.15. The Morgan fingerprint density at radius 1 is 0.895 bits per heavy atom. The Bertz CT molecular complexity index is 284. The molecule has 0 aromatic heterocycles. The average molecular weight is 262 g/mol. The van der Waals surface area contributed by atoms with Gasteiger partial charge >= 0.3 is 0 Å². The van der Waals surface area contributed by atoms with E-state index in [1.807, 2.05) is 0 Å². The molecule has 0 aromatic carbocycles. The lowest BCUT2D eigenvalue weighted by Gasteiger charge is -2.57. The van der Waals surface area contributed by atoms with E-state index in [9.17, 15) is 0 Å². The van der Waals surface area contributed by atoms with Gasteiger partial charge in [-0.25, -0.2) is 0 Å². The Hall–Kier alpha value is -0.0800. The number of hydrogen-bond donors (Lipinski definition) is 2. The lowest BCUT2D eigenvalue weighted by atomic mass is 9.49. The number of hydrogen-bond acceptors (Lipinski definition) is 2. The molecule has 108 valence electrons. The van der Waals surface area contributed by atoms with Gasteiger partial charge < -0.3 is 10.6 Å². The number of rotatable bonds is 4. The third-order valence-electron chi connectivity index (χ3n) is 6.59. The lowest BCUT2D eigenvalue weighted by Crippen LogP contribution is -2.48. The largest absolute Gasteiger partial charge is 0.317 e. The van der Waals surface area contributed by atoms with Crippen LogP contribution in [-0.4, -0.2) is 25.7 Å². The van der Waals surface area contributed by atoms with Gasteiger partial charge in [0.1, 0.15) is 0 Å². The average Bonchev–Trinajstić information content (AvgIpc) is 2.38. The maximum Gasteiger partial charge on any atom is 0.00912 e. The first-order valence-electron chi connectivity index (χ1n) is 8.75. The van der Waals surface area contributed by atoms with Gasteiger partial charge in [-0.15, -0.1) is 0 Å². The highest BCUT2D eigenvalue weighted by molar-refractivity contribution is 5.01. The van der Waals surface area contributed by atoms with E-state index in [4.69, 9.17) is 0 Å². The molecule has 4 bridgehead atoms. The first-order valence-corrected chi connectivity index (χ1v) is 8.75. The molecule has 0 amide bonds. The van der Waals surface area contributed by atoms with Crippen LogP contribution < -0.4 is 10.6 Å². The second-order valence-electron chi connectivity index (χ2n) is 8.15. The molecule has 1 aliphatic heterocycles. The first-order chi connectivity index (χ1) is 9.31. The topological polar surface area (TPSA) is 24.1 Å². The zero-order chi connectivity index (χ0) is 12.7. The minimum atomic E-state index is 0.772. The van der Waals surface area contributed by atoms with E-state index in [1.54, 1.807) is 38.5 Å². The van der Waals surface area contributed by atoms with Crippen molar-refractivity contribution in [2.45, 2.75) is 63.8 Å². The van der Waals surface area contributed by atoms with Crippen LogP contribution in [0.1, 0.15) is 57.8 Å². The molecule has 1 saturated heterocycles. The minimum absolute atomic E-state index is 0.772. The molecule has 1 heterocycles. The van der Waals surface area contributed by atoms with Gasteiger partial charge in [-0.2, -0.15) is 0 Å². The third-order valence-corrected chi connectivity index (χ3v) is 6.59. The van der Waals surface area contributed by atoms with Crippen LogP contribution in [-0.2, 0) is 0 Å². The van der Waals surface area contributed by atoms with Gasteiger partial charge in [0.25, 0.3) is 0 Å². The molecule has 0 atom stereocenters. The van der Waals surface area contributed by atoms with Crippen LogP contribution in [0.15, 0.2) is 0 Å². The summed E-state index contributed by atoms with van der Waals surface area (Å²) in [4.78, 5) is 0. The minimum Gasteiger partial charge on any atom is -0.317 e. The van der Waals surface area contributed by atoms with Crippen molar-refractivity contribution in [3.63, 3.8) is 0 Å². The normalized spacial score (nSPS) is 45.8. The van der Waals surface area contributed by atoms with E-state index >= 15 is 0 Å². The molecule has 5 aliphatic rings. The number of piperidine rings is 1. The Morgan fingerprint density at radius 2 is 1.47 bits per heavy atom. The van der Waals surface area contributed by atoms with Crippen molar-refractivity contribution in [1.82, 2.24) is 10.6 Å². The highest BCUT2D eigenvalue weighted by atomic mass is 15.0. The van der Waals surface area contributed by atoms with Gasteiger partial charge in [0, 0.05) is 6.04 Å². The fourth-order valence-corrected chi connectivity index (χ4v) is 6.16. The van der Waals surface area contributed by atoms with Crippen molar-refractivity contribution < 1.29 is 0 Å². The van der Waals surface area contributed by atoms with Crippen molar-refractivity contribution in [1.29, 1.82) is 0 Å². The predicted octanol–water partition coefficient (Wildman–Crippen LogP) is 2.93. The molecule has 2 nitrogen and oxygen atoms in total. The van der Waals surface area contributed by atoms with E-state index in [0.29, 0.717) is 0 Å². The van der Waals surface area contributed by atoms with E-state index in [1.165, 1.54) is 38.9 Å². The Morgan fingerprint density at radius 3 is 2.05 bits per heavy atom. The van der Waals surface area contributed by atoms with Gasteiger partial charge in [0.15, 0.2) is 0 Å². The standard InChI is InChI=1S/C17H30N2/c1-4-18-5-2-16(1)19-6-3-17-10-13-7-14(11-17)9-15(8-13)12-17/h13-16,18-19H,1-12H2.